The van der Waals surface area contributed by atoms with Crippen LogP contribution in [0, 0.1) is 0 Å². The molecule has 1 atom stereocenters. The number of nitrogens with zero attached hydrogens (tertiary/aromatic N) is 2. The number of carbonyl (C=O) groups excluding carboxylic acids is 1. The van der Waals surface area contributed by atoms with Gasteiger partial charge in [-0.1, -0.05) is 6.92 Å². The van der Waals surface area contributed by atoms with Crippen molar-refractivity contribution in [1.29, 1.82) is 0 Å². The lowest BCUT2D eigenvalue weighted by atomic mass is 10.2. The standard InChI is InChI=1S/C15H20N4O2/c1-3-12(10-21-2)17-15(20)14-8-9-19(18-14)13-6-4-11(16)5-7-13/h4-9,12H,3,10,16H2,1-2H3,(H,17,20). The molecule has 0 saturated carbocycles. The van der Waals surface area contributed by atoms with Crippen molar-refractivity contribution in [1.82, 2.24) is 15.1 Å². The molecule has 0 bridgehead atoms. The van der Waals surface area contributed by atoms with Crippen LogP contribution in [0.2, 0.25) is 0 Å². The molecule has 0 radical (unpaired) electrons. The van der Waals surface area contributed by atoms with E-state index in [4.69, 9.17) is 10.5 Å². The van der Waals surface area contributed by atoms with Crippen LogP contribution in [-0.4, -0.2) is 35.4 Å². The molecule has 1 heterocycles. The first-order valence-electron chi connectivity index (χ1n) is 6.85. The number of nitrogen functional groups attached to an aromatic ring is 1. The van der Waals surface area contributed by atoms with Gasteiger partial charge < -0.3 is 15.8 Å². The normalized spacial score (nSPS) is 12.1. The zero-order chi connectivity index (χ0) is 15.2. The van der Waals surface area contributed by atoms with Gasteiger partial charge in [0.05, 0.1) is 18.3 Å². The Morgan fingerprint density at radius 1 is 1.38 bits per heavy atom. The maximum Gasteiger partial charge on any atom is 0.272 e. The summed E-state index contributed by atoms with van der Waals surface area (Å²) >= 11 is 0. The summed E-state index contributed by atoms with van der Waals surface area (Å²) in [6, 6.07) is 8.97. The van der Waals surface area contributed by atoms with Crippen LogP contribution in [0.4, 0.5) is 5.69 Å². The summed E-state index contributed by atoms with van der Waals surface area (Å²) in [5, 5.41) is 7.18. The minimum absolute atomic E-state index is 0.0100. The molecule has 112 valence electrons. The Bertz CT molecular complexity index is 592. The Labute approximate surface area is 123 Å². The van der Waals surface area contributed by atoms with E-state index >= 15 is 0 Å². The van der Waals surface area contributed by atoms with E-state index < -0.39 is 0 Å². The summed E-state index contributed by atoms with van der Waals surface area (Å²) in [5.74, 6) is -0.201. The van der Waals surface area contributed by atoms with Crippen molar-refractivity contribution in [2.45, 2.75) is 19.4 Å². The Morgan fingerprint density at radius 3 is 2.71 bits per heavy atom. The van der Waals surface area contributed by atoms with Gasteiger partial charge in [-0.05, 0) is 36.8 Å². The molecule has 0 aliphatic rings. The van der Waals surface area contributed by atoms with E-state index in [9.17, 15) is 4.79 Å². The highest BCUT2D eigenvalue weighted by Crippen LogP contribution is 2.10. The SMILES string of the molecule is CCC(COC)NC(=O)c1ccn(-c2ccc(N)cc2)n1. The van der Waals surface area contributed by atoms with Crippen molar-refractivity contribution in [3.63, 3.8) is 0 Å². The second-order valence-electron chi connectivity index (χ2n) is 4.77. The van der Waals surface area contributed by atoms with E-state index in [1.54, 1.807) is 36.2 Å². The third-order valence-corrected chi connectivity index (χ3v) is 3.18. The number of nitrogens with one attached hydrogen (secondary N) is 1. The van der Waals surface area contributed by atoms with E-state index in [0.717, 1.165) is 12.1 Å². The molecule has 0 spiro atoms. The highest BCUT2D eigenvalue weighted by Gasteiger charge is 2.14. The minimum Gasteiger partial charge on any atom is -0.399 e. The quantitative estimate of drug-likeness (QED) is 0.791. The van der Waals surface area contributed by atoms with Gasteiger partial charge in [-0.2, -0.15) is 5.10 Å². The molecule has 1 amide bonds. The smallest absolute Gasteiger partial charge is 0.272 e. The van der Waals surface area contributed by atoms with E-state index in [-0.39, 0.29) is 11.9 Å². The summed E-state index contributed by atoms with van der Waals surface area (Å²) in [6.45, 7) is 2.48. The number of amides is 1. The summed E-state index contributed by atoms with van der Waals surface area (Å²) < 4.78 is 6.71. The molecule has 21 heavy (non-hydrogen) atoms. The van der Waals surface area contributed by atoms with E-state index in [1.165, 1.54) is 0 Å². The minimum atomic E-state index is -0.201. The zero-order valence-corrected chi connectivity index (χ0v) is 12.2. The van der Waals surface area contributed by atoms with Gasteiger partial charge >= 0.3 is 0 Å². The largest absolute Gasteiger partial charge is 0.399 e. The first kappa shape index (κ1) is 15.1. The van der Waals surface area contributed by atoms with Gasteiger partial charge in [0.15, 0.2) is 5.69 Å². The van der Waals surface area contributed by atoms with Crippen LogP contribution in [0.5, 0.6) is 0 Å². The predicted molar refractivity (Wildman–Crippen MR) is 81.4 cm³/mol. The molecule has 1 aromatic carbocycles. The molecule has 0 fully saturated rings. The third kappa shape index (κ3) is 3.82. The average molecular weight is 288 g/mol. The van der Waals surface area contributed by atoms with Crippen LogP contribution in [-0.2, 0) is 4.74 Å². The first-order chi connectivity index (χ1) is 10.1. The van der Waals surface area contributed by atoms with Gasteiger partial charge in [0.2, 0.25) is 0 Å². The summed E-state index contributed by atoms with van der Waals surface area (Å²) in [7, 11) is 1.62. The van der Waals surface area contributed by atoms with Gasteiger partial charge in [0, 0.05) is 19.0 Å². The molecular formula is C15H20N4O2. The zero-order valence-electron chi connectivity index (χ0n) is 12.2. The van der Waals surface area contributed by atoms with Gasteiger partial charge in [-0.15, -0.1) is 0 Å². The van der Waals surface area contributed by atoms with E-state index in [1.807, 2.05) is 19.1 Å². The number of benzene rings is 1. The maximum atomic E-state index is 12.1. The fourth-order valence-corrected chi connectivity index (χ4v) is 1.94. The lowest BCUT2D eigenvalue weighted by Gasteiger charge is -2.14. The second kappa shape index (κ2) is 6.90. The fourth-order valence-electron chi connectivity index (χ4n) is 1.94. The molecule has 2 rings (SSSR count). The van der Waals surface area contributed by atoms with E-state index in [0.29, 0.717) is 18.0 Å². The molecule has 3 N–H and O–H groups in total. The van der Waals surface area contributed by atoms with Crippen LogP contribution in [0.1, 0.15) is 23.8 Å². The molecule has 0 saturated heterocycles. The Kier molecular flexibility index (Phi) is 4.94. The molecule has 1 aromatic heterocycles. The molecule has 0 aliphatic carbocycles. The second-order valence-corrected chi connectivity index (χ2v) is 4.77. The number of ether oxygens (including phenoxy) is 1. The molecule has 1 unspecified atom stereocenters. The van der Waals surface area contributed by atoms with Crippen molar-refractivity contribution in [3.05, 3.63) is 42.2 Å². The third-order valence-electron chi connectivity index (χ3n) is 3.18. The molecule has 6 nitrogen and oxygen atoms in total. The molecule has 2 aromatic rings. The van der Waals surface area contributed by atoms with Crippen molar-refractivity contribution in [2.24, 2.45) is 0 Å². The number of aromatic nitrogens is 2. The number of hydrogen-bond donors (Lipinski definition) is 2. The topological polar surface area (TPSA) is 82.2 Å². The van der Waals surface area contributed by atoms with Crippen LogP contribution in [0.15, 0.2) is 36.5 Å². The number of hydrogen-bond acceptors (Lipinski definition) is 4. The van der Waals surface area contributed by atoms with Crippen molar-refractivity contribution < 1.29 is 9.53 Å². The highest BCUT2D eigenvalue weighted by atomic mass is 16.5. The van der Waals surface area contributed by atoms with Gasteiger partial charge in [0.1, 0.15) is 0 Å². The highest BCUT2D eigenvalue weighted by molar-refractivity contribution is 5.92. The van der Waals surface area contributed by atoms with Gasteiger partial charge in [-0.3, -0.25) is 4.79 Å². The monoisotopic (exact) mass is 288 g/mol. The molecular weight excluding hydrogens is 268 g/mol. The number of carbonyl (C=O) groups is 1. The van der Waals surface area contributed by atoms with Gasteiger partial charge in [-0.25, -0.2) is 4.68 Å². The number of anilines is 1. The predicted octanol–water partition coefficient (Wildman–Crippen LogP) is 1.61. The number of rotatable bonds is 6. The Morgan fingerprint density at radius 2 is 2.10 bits per heavy atom. The summed E-state index contributed by atoms with van der Waals surface area (Å²) in [4.78, 5) is 12.1. The van der Waals surface area contributed by atoms with Crippen LogP contribution < -0.4 is 11.1 Å². The maximum absolute atomic E-state index is 12.1. The summed E-state index contributed by atoms with van der Waals surface area (Å²) in [5.41, 5.74) is 7.57. The number of methoxy groups -OCH3 is 1. The van der Waals surface area contributed by atoms with Gasteiger partial charge in [0.25, 0.3) is 5.91 Å². The average Bonchev–Trinajstić information content (AvgIpc) is 2.97. The molecule has 6 heteroatoms. The fraction of sp³-hybridized carbons (Fsp3) is 0.333. The lowest BCUT2D eigenvalue weighted by molar-refractivity contribution is 0.0889. The van der Waals surface area contributed by atoms with Crippen molar-refractivity contribution in [3.8, 4) is 5.69 Å². The van der Waals surface area contributed by atoms with Crippen LogP contribution in [0.25, 0.3) is 5.69 Å². The molecule has 0 aliphatic heterocycles. The number of nitrogens with two attached hydrogens (primary N) is 1. The van der Waals surface area contributed by atoms with E-state index in [2.05, 4.69) is 10.4 Å². The van der Waals surface area contributed by atoms with Crippen LogP contribution in [0.3, 0.4) is 0 Å². The Balaban J connectivity index is 2.08. The lowest BCUT2D eigenvalue weighted by Crippen LogP contribution is -2.37. The van der Waals surface area contributed by atoms with Crippen molar-refractivity contribution in [2.75, 3.05) is 19.5 Å². The van der Waals surface area contributed by atoms with Crippen molar-refractivity contribution >= 4 is 11.6 Å². The van der Waals surface area contributed by atoms with Crippen LogP contribution >= 0.6 is 0 Å². The Hall–Kier alpha value is -2.34. The summed E-state index contributed by atoms with van der Waals surface area (Å²) in [6.07, 6.45) is 2.55. The first-order valence-corrected chi connectivity index (χ1v) is 6.85.